The third-order valence-electron chi connectivity index (χ3n) is 6.05. The Morgan fingerprint density at radius 2 is 1.81 bits per heavy atom. The first-order chi connectivity index (χ1) is 12.7. The molecule has 1 saturated heterocycles. The van der Waals surface area contributed by atoms with Crippen LogP contribution in [0.3, 0.4) is 0 Å². The van der Waals surface area contributed by atoms with Gasteiger partial charge in [0, 0.05) is 17.3 Å². The number of nitrogens with zero attached hydrogens (tertiary/aromatic N) is 2. The van der Waals surface area contributed by atoms with Gasteiger partial charge in [0.25, 0.3) is 0 Å². The van der Waals surface area contributed by atoms with Gasteiger partial charge in [-0.05, 0) is 82.3 Å². The molecule has 1 aliphatic heterocycles. The van der Waals surface area contributed by atoms with Gasteiger partial charge in [0.1, 0.15) is 0 Å². The van der Waals surface area contributed by atoms with Crippen LogP contribution in [-0.2, 0) is 6.42 Å². The Morgan fingerprint density at radius 1 is 1.07 bits per heavy atom. The quantitative estimate of drug-likeness (QED) is 0.638. The highest BCUT2D eigenvalue weighted by Gasteiger charge is 2.20. The number of piperidine rings is 1. The Kier molecular flexibility index (Phi) is 6.56. The zero-order valence-corrected chi connectivity index (χ0v) is 17.2. The van der Waals surface area contributed by atoms with Crippen molar-refractivity contribution in [2.24, 2.45) is 0 Å². The van der Waals surface area contributed by atoms with Crippen LogP contribution in [0, 0.1) is 13.8 Å². The second kappa shape index (κ2) is 8.90. The van der Waals surface area contributed by atoms with E-state index in [0.29, 0.717) is 0 Å². The molecule has 4 rings (SSSR count). The number of nitrogens with one attached hydrogen (secondary N) is 1. The summed E-state index contributed by atoms with van der Waals surface area (Å²) in [5.74, 6) is 0.743. The van der Waals surface area contributed by atoms with E-state index in [-0.39, 0.29) is 12.4 Å². The van der Waals surface area contributed by atoms with E-state index in [2.05, 4.69) is 65.1 Å². The monoisotopic (exact) mass is 383 g/mol. The molecule has 3 heterocycles. The summed E-state index contributed by atoms with van der Waals surface area (Å²) in [5, 5.41) is 1.33. The van der Waals surface area contributed by atoms with Crippen molar-refractivity contribution in [3.63, 3.8) is 0 Å². The van der Waals surface area contributed by atoms with Gasteiger partial charge in [0.2, 0.25) is 0 Å². The maximum Gasteiger partial charge on any atom is 0.0677 e. The third kappa shape index (κ3) is 4.36. The lowest BCUT2D eigenvalue weighted by Crippen LogP contribution is -2.33. The molecule has 0 atom stereocenters. The van der Waals surface area contributed by atoms with Crippen LogP contribution in [0.1, 0.15) is 47.7 Å². The molecule has 0 bridgehead atoms. The zero-order chi connectivity index (χ0) is 17.9. The molecule has 1 aromatic carbocycles. The zero-order valence-electron chi connectivity index (χ0n) is 16.4. The van der Waals surface area contributed by atoms with Crippen molar-refractivity contribution in [1.82, 2.24) is 14.9 Å². The topological polar surface area (TPSA) is 31.9 Å². The molecule has 0 radical (unpaired) electrons. The van der Waals surface area contributed by atoms with Crippen LogP contribution >= 0.6 is 12.4 Å². The lowest BCUT2D eigenvalue weighted by Gasteiger charge is -2.32. The molecular formula is C23H30ClN3. The van der Waals surface area contributed by atoms with Crippen LogP contribution in [-0.4, -0.2) is 34.5 Å². The second-order valence-corrected chi connectivity index (χ2v) is 7.69. The highest BCUT2D eigenvalue weighted by molar-refractivity contribution is 5.86. The summed E-state index contributed by atoms with van der Waals surface area (Å²) in [6, 6.07) is 13.1. The molecule has 1 N–H and O–H groups in total. The molecule has 2 aromatic heterocycles. The lowest BCUT2D eigenvalue weighted by molar-refractivity contribution is 0.210. The standard InChI is InChI=1S/C23H29N3.ClH/c1-17-18(2)25-23-21(17)10-13-24-22(23)9-6-14-26-15-11-20(12-16-26)19-7-4-3-5-8-19;/h3-5,7-8,10,13,20,25H,6,9,11-12,14-16H2,1-2H3;1H. The smallest absolute Gasteiger partial charge is 0.0677 e. The van der Waals surface area contributed by atoms with E-state index in [0.717, 1.165) is 12.3 Å². The van der Waals surface area contributed by atoms with E-state index in [1.165, 1.54) is 72.3 Å². The number of aromatic amines is 1. The summed E-state index contributed by atoms with van der Waals surface area (Å²) >= 11 is 0. The van der Waals surface area contributed by atoms with Crippen molar-refractivity contribution >= 4 is 23.3 Å². The fourth-order valence-electron chi connectivity index (χ4n) is 4.32. The van der Waals surface area contributed by atoms with Crippen molar-refractivity contribution < 1.29 is 0 Å². The average Bonchev–Trinajstić information content (AvgIpc) is 2.98. The summed E-state index contributed by atoms with van der Waals surface area (Å²) < 4.78 is 0. The molecule has 0 amide bonds. The molecular weight excluding hydrogens is 354 g/mol. The molecule has 0 spiro atoms. The lowest BCUT2D eigenvalue weighted by atomic mass is 9.89. The third-order valence-corrected chi connectivity index (χ3v) is 6.05. The first-order valence-corrected chi connectivity index (χ1v) is 9.92. The van der Waals surface area contributed by atoms with E-state index >= 15 is 0 Å². The molecule has 0 saturated carbocycles. The molecule has 1 aliphatic rings. The number of aromatic nitrogens is 2. The number of pyridine rings is 1. The van der Waals surface area contributed by atoms with Gasteiger partial charge in [-0.15, -0.1) is 12.4 Å². The number of fused-ring (bicyclic) bond motifs is 1. The Labute approximate surface area is 168 Å². The minimum absolute atomic E-state index is 0. The highest BCUT2D eigenvalue weighted by Crippen LogP contribution is 2.28. The van der Waals surface area contributed by atoms with E-state index in [1.54, 1.807) is 0 Å². The summed E-state index contributed by atoms with van der Waals surface area (Å²) in [4.78, 5) is 10.8. The first-order valence-electron chi connectivity index (χ1n) is 9.92. The molecule has 4 heteroatoms. The summed E-state index contributed by atoms with van der Waals surface area (Å²) in [6.45, 7) is 7.96. The predicted molar refractivity (Wildman–Crippen MR) is 116 cm³/mol. The Hall–Kier alpha value is -1.84. The Morgan fingerprint density at radius 3 is 2.56 bits per heavy atom. The van der Waals surface area contributed by atoms with Crippen molar-refractivity contribution in [3.05, 3.63) is 65.1 Å². The fraction of sp³-hybridized carbons (Fsp3) is 0.435. The van der Waals surface area contributed by atoms with Crippen molar-refractivity contribution in [2.45, 2.75) is 45.4 Å². The number of hydrogen-bond acceptors (Lipinski definition) is 2. The summed E-state index contributed by atoms with van der Waals surface area (Å²) in [5.41, 5.74) is 6.59. The van der Waals surface area contributed by atoms with Gasteiger partial charge in [0.05, 0.1) is 11.2 Å². The van der Waals surface area contributed by atoms with E-state index in [4.69, 9.17) is 0 Å². The first kappa shape index (κ1) is 19.9. The highest BCUT2D eigenvalue weighted by atomic mass is 35.5. The van der Waals surface area contributed by atoms with Crippen LogP contribution in [0.25, 0.3) is 10.9 Å². The normalized spacial score (nSPS) is 15.8. The second-order valence-electron chi connectivity index (χ2n) is 7.69. The van der Waals surface area contributed by atoms with Crippen LogP contribution in [0.15, 0.2) is 42.6 Å². The van der Waals surface area contributed by atoms with Gasteiger partial charge in [-0.3, -0.25) is 4.98 Å². The fourth-order valence-corrected chi connectivity index (χ4v) is 4.32. The van der Waals surface area contributed by atoms with Gasteiger partial charge >= 0.3 is 0 Å². The minimum atomic E-state index is 0. The van der Waals surface area contributed by atoms with Gasteiger partial charge in [-0.1, -0.05) is 30.3 Å². The molecule has 3 aromatic rings. The van der Waals surface area contributed by atoms with Gasteiger partial charge in [0.15, 0.2) is 0 Å². The largest absolute Gasteiger partial charge is 0.357 e. The Balaban J connectivity index is 0.00000210. The van der Waals surface area contributed by atoms with Gasteiger partial charge < -0.3 is 9.88 Å². The number of H-pyrrole nitrogens is 1. The van der Waals surface area contributed by atoms with Crippen LogP contribution < -0.4 is 0 Å². The van der Waals surface area contributed by atoms with E-state index < -0.39 is 0 Å². The summed E-state index contributed by atoms with van der Waals surface area (Å²) in [7, 11) is 0. The van der Waals surface area contributed by atoms with Crippen molar-refractivity contribution in [2.75, 3.05) is 19.6 Å². The van der Waals surface area contributed by atoms with Crippen LogP contribution in [0.2, 0.25) is 0 Å². The van der Waals surface area contributed by atoms with Crippen LogP contribution in [0.5, 0.6) is 0 Å². The summed E-state index contributed by atoms with van der Waals surface area (Å²) in [6.07, 6.45) is 6.76. The number of hydrogen-bond donors (Lipinski definition) is 1. The molecule has 1 fully saturated rings. The SMILES string of the molecule is Cc1[nH]c2c(CCCN3CCC(c4ccccc4)CC3)nccc2c1C.Cl. The number of aryl methyl sites for hydroxylation is 3. The van der Waals surface area contributed by atoms with Crippen molar-refractivity contribution in [1.29, 1.82) is 0 Å². The number of likely N-dealkylation sites (tertiary alicyclic amines) is 1. The predicted octanol–water partition coefficient (Wildman–Crippen LogP) is 5.41. The average molecular weight is 384 g/mol. The van der Waals surface area contributed by atoms with E-state index in [9.17, 15) is 0 Å². The molecule has 0 unspecified atom stereocenters. The molecule has 0 aliphatic carbocycles. The van der Waals surface area contributed by atoms with Gasteiger partial charge in [-0.2, -0.15) is 0 Å². The minimum Gasteiger partial charge on any atom is -0.357 e. The molecule has 144 valence electrons. The van der Waals surface area contributed by atoms with Crippen LogP contribution in [0.4, 0.5) is 0 Å². The number of rotatable bonds is 5. The van der Waals surface area contributed by atoms with E-state index in [1.807, 2.05) is 6.20 Å². The maximum atomic E-state index is 4.65. The number of halogens is 1. The van der Waals surface area contributed by atoms with Crippen molar-refractivity contribution in [3.8, 4) is 0 Å². The molecule has 27 heavy (non-hydrogen) atoms. The Bertz CT molecular complexity index is 864. The molecule has 3 nitrogen and oxygen atoms in total. The number of benzene rings is 1. The maximum absolute atomic E-state index is 4.65. The van der Waals surface area contributed by atoms with Gasteiger partial charge in [-0.25, -0.2) is 0 Å².